The van der Waals surface area contributed by atoms with E-state index in [0.29, 0.717) is 18.8 Å². The van der Waals surface area contributed by atoms with Gasteiger partial charge in [0.2, 0.25) is 0 Å². The minimum absolute atomic E-state index is 0.243. The molecule has 150 valence electrons. The number of aromatic amines is 1. The normalized spacial score (nSPS) is 17.4. The molecule has 0 bridgehead atoms. The Bertz CT molecular complexity index is 1040. The molecule has 0 fully saturated rings. The Kier molecular flexibility index (Phi) is 5.53. The van der Waals surface area contributed by atoms with E-state index in [9.17, 15) is 4.79 Å². The maximum atomic E-state index is 12.9. The molecule has 2 aromatic carbocycles. The van der Waals surface area contributed by atoms with Crippen LogP contribution in [-0.2, 0) is 32.0 Å². The quantitative estimate of drug-likeness (QED) is 0.497. The summed E-state index contributed by atoms with van der Waals surface area (Å²) in [4.78, 5) is 16.3. The van der Waals surface area contributed by atoms with Crippen LogP contribution in [0.25, 0.3) is 16.6 Å². The molecular formula is C23H24N2O4. The van der Waals surface area contributed by atoms with Crippen LogP contribution in [0.1, 0.15) is 16.8 Å². The monoisotopic (exact) mass is 392 g/mol. The molecule has 2 N–H and O–H groups in total. The molecule has 1 atom stereocenters. The third kappa shape index (κ3) is 3.84. The number of methoxy groups -OCH3 is 2. The number of hydrogen-bond acceptors (Lipinski definition) is 5. The van der Waals surface area contributed by atoms with Crippen molar-refractivity contribution in [2.75, 3.05) is 20.8 Å². The SMILES string of the molecule is COC/C(OC)=C1\NC(C(=O)OCc2ccccc2)Cc2c1[nH]c1ccccc21. The minimum atomic E-state index is -0.512. The highest BCUT2D eigenvalue weighted by Crippen LogP contribution is 2.33. The summed E-state index contributed by atoms with van der Waals surface area (Å²) in [5.41, 5.74) is 4.70. The number of hydrogen-bond donors (Lipinski definition) is 2. The van der Waals surface area contributed by atoms with E-state index >= 15 is 0 Å². The Morgan fingerprint density at radius 2 is 1.83 bits per heavy atom. The van der Waals surface area contributed by atoms with E-state index in [2.05, 4.69) is 16.4 Å². The average molecular weight is 392 g/mol. The van der Waals surface area contributed by atoms with Gasteiger partial charge >= 0.3 is 5.97 Å². The molecule has 0 radical (unpaired) electrons. The Labute approximate surface area is 169 Å². The van der Waals surface area contributed by atoms with Crippen molar-refractivity contribution in [3.63, 3.8) is 0 Å². The third-order valence-electron chi connectivity index (χ3n) is 5.10. The standard InChI is InChI=1S/C23H24N2O4/c1-27-14-20(28-2)22-21-17(16-10-6-7-11-18(16)24-21)12-19(25-22)23(26)29-13-15-8-4-3-5-9-15/h3-11,19,24-25H,12-14H2,1-2H3/b22-20+. The molecule has 0 saturated carbocycles. The van der Waals surface area contributed by atoms with Gasteiger partial charge in [0.05, 0.1) is 18.5 Å². The highest BCUT2D eigenvalue weighted by molar-refractivity contribution is 5.92. The van der Waals surface area contributed by atoms with Crippen molar-refractivity contribution >= 4 is 22.6 Å². The highest BCUT2D eigenvalue weighted by Gasteiger charge is 2.32. The van der Waals surface area contributed by atoms with E-state index in [-0.39, 0.29) is 12.6 Å². The lowest BCUT2D eigenvalue weighted by Gasteiger charge is -2.27. The summed E-state index contributed by atoms with van der Waals surface area (Å²) in [7, 11) is 3.21. The van der Waals surface area contributed by atoms with Gasteiger partial charge in [-0.15, -0.1) is 0 Å². The van der Waals surface area contributed by atoms with E-state index in [0.717, 1.165) is 33.4 Å². The lowest BCUT2D eigenvalue weighted by Crippen LogP contribution is -2.42. The van der Waals surface area contributed by atoms with Gasteiger partial charge in [0.1, 0.15) is 25.0 Å². The number of para-hydroxylation sites is 1. The van der Waals surface area contributed by atoms with Gasteiger partial charge in [0.25, 0.3) is 0 Å². The average Bonchev–Trinajstić information content (AvgIpc) is 3.15. The summed E-state index contributed by atoms with van der Waals surface area (Å²) in [5.74, 6) is 0.330. The predicted molar refractivity (Wildman–Crippen MR) is 111 cm³/mol. The van der Waals surface area contributed by atoms with Crippen molar-refractivity contribution in [2.24, 2.45) is 0 Å². The van der Waals surface area contributed by atoms with Crippen molar-refractivity contribution in [1.82, 2.24) is 10.3 Å². The number of carbonyl (C=O) groups excluding carboxylic acids is 1. The molecule has 1 aromatic heterocycles. The molecule has 4 rings (SSSR count). The van der Waals surface area contributed by atoms with E-state index < -0.39 is 6.04 Å². The number of rotatable bonds is 6. The van der Waals surface area contributed by atoms with Gasteiger partial charge in [-0.1, -0.05) is 48.5 Å². The second-order valence-electron chi connectivity index (χ2n) is 6.95. The van der Waals surface area contributed by atoms with Crippen molar-refractivity contribution in [3.05, 3.63) is 77.2 Å². The fourth-order valence-corrected chi connectivity index (χ4v) is 3.68. The number of H-pyrrole nitrogens is 1. The summed E-state index contributed by atoms with van der Waals surface area (Å²) >= 11 is 0. The van der Waals surface area contributed by atoms with E-state index in [4.69, 9.17) is 14.2 Å². The summed E-state index contributed by atoms with van der Waals surface area (Å²) in [6.07, 6.45) is 0.528. The van der Waals surface area contributed by atoms with Crippen LogP contribution in [-0.4, -0.2) is 37.8 Å². The maximum Gasteiger partial charge on any atom is 0.329 e. The fourth-order valence-electron chi connectivity index (χ4n) is 3.68. The molecule has 0 saturated heterocycles. The van der Waals surface area contributed by atoms with Crippen LogP contribution in [0, 0.1) is 0 Å². The number of esters is 1. The molecule has 1 aliphatic rings. The van der Waals surface area contributed by atoms with Crippen LogP contribution in [0.3, 0.4) is 0 Å². The molecule has 6 heteroatoms. The first-order chi connectivity index (χ1) is 14.2. The second-order valence-corrected chi connectivity index (χ2v) is 6.95. The zero-order chi connectivity index (χ0) is 20.2. The Morgan fingerprint density at radius 3 is 2.59 bits per heavy atom. The summed E-state index contributed by atoms with van der Waals surface area (Å²) in [6.45, 7) is 0.534. The number of ether oxygens (including phenoxy) is 3. The Balaban J connectivity index is 1.66. The lowest BCUT2D eigenvalue weighted by atomic mass is 9.96. The highest BCUT2D eigenvalue weighted by atomic mass is 16.5. The zero-order valence-corrected chi connectivity index (χ0v) is 16.5. The van der Waals surface area contributed by atoms with Crippen LogP contribution in [0.15, 0.2) is 60.4 Å². The van der Waals surface area contributed by atoms with Crippen molar-refractivity contribution < 1.29 is 19.0 Å². The summed E-state index contributed by atoms with van der Waals surface area (Å²) in [5, 5.41) is 4.40. The molecule has 0 aliphatic carbocycles. The Hall–Kier alpha value is -3.25. The number of fused-ring (bicyclic) bond motifs is 3. The molecule has 29 heavy (non-hydrogen) atoms. The van der Waals surface area contributed by atoms with Gasteiger partial charge in [-0.05, 0) is 17.2 Å². The van der Waals surface area contributed by atoms with Gasteiger partial charge in [-0.25, -0.2) is 4.79 Å². The van der Waals surface area contributed by atoms with Gasteiger partial charge in [0.15, 0.2) is 0 Å². The molecule has 1 aliphatic heterocycles. The largest absolute Gasteiger partial charge is 0.496 e. The molecular weight excluding hydrogens is 368 g/mol. The topological polar surface area (TPSA) is 72.6 Å². The molecule has 2 heterocycles. The van der Waals surface area contributed by atoms with Crippen LogP contribution < -0.4 is 5.32 Å². The van der Waals surface area contributed by atoms with Crippen molar-refractivity contribution in [3.8, 4) is 0 Å². The van der Waals surface area contributed by atoms with Crippen molar-refractivity contribution in [2.45, 2.75) is 19.1 Å². The lowest BCUT2D eigenvalue weighted by molar-refractivity contribution is -0.147. The Morgan fingerprint density at radius 1 is 1.07 bits per heavy atom. The number of carbonyl (C=O) groups is 1. The second kappa shape index (κ2) is 8.41. The van der Waals surface area contributed by atoms with Crippen LogP contribution in [0.4, 0.5) is 0 Å². The van der Waals surface area contributed by atoms with Crippen LogP contribution in [0.2, 0.25) is 0 Å². The molecule has 0 spiro atoms. The molecule has 0 amide bonds. The van der Waals surface area contributed by atoms with Gasteiger partial charge in [0, 0.05) is 24.4 Å². The van der Waals surface area contributed by atoms with E-state index in [1.54, 1.807) is 14.2 Å². The smallest absolute Gasteiger partial charge is 0.329 e. The number of aromatic nitrogens is 1. The number of nitrogens with one attached hydrogen (secondary N) is 2. The molecule has 3 aromatic rings. The first-order valence-corrected chi connectivity index (χ1v) is 9.54. The minimum Gasteiger partial charge on any atom is -0.496 e. The number of benzene rings is 2. The van der Waals surface area contributed by atoms with E-state index in [1.807, 2.05) is 48.5 Å². The van der Waals surface area contributed by atoms with Crippen LogP contribution in [0.5, 0.6) is 0 Å². The predicted octanol–water partition coefficient (Wildman–Crippen LogP) is 3.39. The van der Waals surface area contributed by atoms with Gasteiger partial charge < -0.3 is 24.5 Å². The first-order valence-electron chi connectivity index (χ1n) is 9.54. The maximum absolute atomic E-state index is 12.9. The molecule has 1 unspecified atom stereocenters. The van der Waals surface area contributed by atoms with Gasteiger partial charge in [-0.2, -0.15) is 0 Å². The fraction of sp³-hybridized carbons (Fsp3) is 0.261. The summed E-state index contributed by atoms with van der Waals surface area (Å²) in [6, 6.07) is 17.2. The van der Waals surface area contributed by atoms with Gasteiger partial charge in [-0.3, -0.25) is 0 Å². The van der Waals surface area contributed by atoms with Crippen molar-refractivity contribution in [1.29, 1.82) is 0 Å². The van der Waals surface area contributed by atoms with Crippen LogP contribution >= 0.6 is 0 Å². The van der Waals surface area contributed by atoms with E-state index in [1.165, 1.54) is 0 Å². The zero-order valence-electron chi connectivity index (χ0n) is 16.5. The summed E-state index contributed by atoms with van der Waals surface area (Å²) < 4.78 is 16.4. The molecule has 6 nitrogen and oxygen atoms in total. The first kappa shape index (κ1) is 19.1. The third-order valence-corrected chi connectivity index (χ3v) is 5.10.